The lowest BCUT2D eigenvalue weighted by Gasteiger charge is -2.14. The minimum absolute atomic E-state index is 0.245. The molecule has 3 aliphatic carbocycles. The number of thiophene rings is 1. The fourth-order valence-electron chi connectivity index (χ4n) is 4.58. The molecule has 0 saturated heterocycles. The number of hydrogen-bond acceptors (Lipinski definition) is 2. The highest BCUT2D eigenvalue weighted by molar-refractivity contribution is 9.12. The first-order chi connectivity index (χ1) is 8.16. The second-order valence-electron chi connectivity index (χ2n) is 5.79. The Morgan fingerprint density at radius 3 is 2.41 bits per heavy atom. The van der Waals surface area contributed by atoms with E-state index < -0.39 is 0 Å². The van der Waals surface area contributed by atoms with Crippen molar-refractivity contribution in [3.05, 3.63) is 19.2 Å². The molecule has 0 amide bonds. The average Bonchev–Trinajstić information content (AvgIpc) is 2.59. The summed E-state index contributed by atoms with van der Waals surface area (Å²) in [6, 6.07) is 2.08. The summed E-state index contributed by atoms with van der Waals surface area (Å²) in [7, 11) is 0. The average molecular weight is 378 g/mol. The fraction of sp³-hybridized carbons (Fsp3) is 0.692. The predicted octanol–water partition coefficient (Wildman–Crippen LogP) is 4.60. The van der Waals surface area contributed by atoms with E-state index in [1.54, 1.807) is 11.3 Å². The van der Waals surface area contributed by atoms with Crippen LogP contribution in [0.4, 0.5) is 0 Å². The van der Waals surface area contributed by atoms with E-state index in [0.717, 1.165) is 36.8 Å². The molecular weight excluding hydrogens is 364 g/mol. The molecule has 0 spiro atoms. The van der Waals surface area contributed by atoms with Crippen LogP contribution in [0.25, 0.3) is 0 Å². The number of fused-ring (bicyclic) bond motifs is 5. The highest BCUT2D eigenvalue weighted by atomic mass is 79.9. The molecule has 3 saturated carbocycles. The smallest absolute Gasteiger partial charge is 0.0843 e. The molecule has 1 heterocycles. The Balaban J connectivity index is 1.59. The minimum atomic E-state index is -0.245. The Labute approximate surface area is 122 Å². The number of aliphatic hydroxyl groups is 1. The highest BCUT2D eigenvalue weighted by Gasteiger charge is 2.66. The van der Waals surface area contributed by atoms with E-state index in [1.165, 1.54) is 19.3 Å². The van der Waals surface area contributed by atoms with Crippen molar-refractivity contribution in [2.24, 2.45) is 29.6 Å². The Kier molecular flexibility index (Phi) is 2.57. The van der Waals surface area contributed by atoms with Gasteiger partial charge in [-0.15, -0.1) is 11.3 Å². The Bertz CT molecular complexity index is 456. The number of halogens is 2. The zero-order valence-electron chi connectivity index (χ0n) is 9.27. The quantitative estimate of drug-likeness (QED) is 0.798. The van der Waals surface area contributed by atoms with Gasteiger partial charge in [-0.2, -0.15) is 0 Å². The minimum Gasteiger partial charge on any atom is -0.388 e. The van der Waals surface area contributed by atoms with Gasteiger partial charge in [-0.05, 0) is 86.8 Å². The van der Waals surface area contributed by atoms with Crippen molar-refractivity contribution in [1.29, 1.82) is 0 Å². The zero-order valence-corrected chi connectivity index (χ0v) is 13.3. The maximum atomic E-state index is 10.6. The third kappa shape index (κ3) is 1.57. The van der Waals surface area contributed by atoms with Crippen LogP contribution in [0.5, 0.6) is 0 Å². The van der Waals surface area contributed by atoms with Gasteiger partial charge in [0.15, 0.2) is 0 Å². The van der Waals surface area contributed by atoms with E-state index in [4.69, 9.17) is 0 Å². The molecule has 1 nitrogen and oxygen atoms in total. The molecule has 4 heteroatoms. The standard InChI is InChI=1S/C13H14Br2OS/c14-8-4-7(13(15)17-8)12(16)11-9-5-1-2-6(3-5)10(9)11/h4-6,9-12,16H,1-3H2. The Morgan fingerprint density at radius 2 is 1.88 bits per heavy atom. The molecule has 1 N–H and O–H groups in total. The summed E-state index contributed by atoms with van der Waals surface area (Å²) in [5, 5.41) is 10.6. The molecule has 17 heavy (non-hydrogen) atoms. The van der Waals surface area contributed by atoms with Crippen molar-refractivity contribution in [1.82, 2.24) is 0 Å². The normalized spacial score (nSPS) is 43.8. The molecule has 0 aromatic carbocycles. The van der Waals surface area contributed by atoms with E-state index in [9.17, 15) is 5.11 Å². The largest absolute Gasteiger partial charge is 0.388 e. The monoisotopic (exact) mass is 376 g/mol. The molecule has 4 rings (SSSR count). The summed E-state index contributed by atoms with van der Waals surface area (Å²) < 4.78 is 2.20. The zero-order chi connectivity index (χ0) is 11.7. The third-order valence-electron chi connectivity index (χ3n) is 5.16. The second-order valence-corrected chi connectivity index (χ2v) is 9.54. The van der Waals surface area contributed by atoms with Crippen molar-refractivity contribution in [3.63, 3.8) is 0 Å². The molecule has 1 aromatic rings. The van der Waals surface area contributed by atoms with Gasteiger partial charge in [-0.1, -0.05) is 0 Å². The molecule has 2 bridgehead atoms. The van der Waals surface area contributed by atoms with Gasteiger partial charge in [0.2, 0.25) is 0 Å². The first-order valence-corrected chi connectivity index (χ1v) is 8.70. The Morgan fingerprint density at radius 1 is 1.24 bits per heavy atom. The van der Waals surface area contributed by atoms with Crippen molar-refractivity contribution in [2.45, 2.75) is 25.4 Å². The van der Waals surface area contributed by atoms with Crippen LogP contribution >= 0.6 is 43.2 Å². The summed E-state index contributed by atoms with van der Waals surface area (Å²) >= 11 is 8.72. The fourth-order valence-corrected chi connectivity index (χ4v) is 7.49. The summed E-state index contributed by atoms with van der Waals surface area (Å²) in [6.07, 6.45) is 4.05. The van der Waals surface area contributed by atoms with Crippen LogP contribution < -0.4 is 0 Å². The number of hydrogen-bond donors (Lipinski definition) is 1. The van der Waals surface area contributed by atoms with Crippen LogP contribution in [0.15, 0.2) is 13.6 Å². The molecule has 5 atom stereocenters. The van der Waals surface area contributed by atoms with Crippen LogP contribution in [0.3, 0.4) is 0 Å². The lowest BCUT2D eigenvalue weighted by atomic mass is 9.96. The molecule has 3 fully saturated rings. The number of rotatable bonds is 2. The molecule has 0 aliphatic heterocycles. The third-order valence-corrected chi connectivity index (χ3v) is 7.55. The molecule has 1 aromatic heterocycles. The van der Waals surface area contributed by atoms with Gasteiger partial charge >= 0.3 is 0 Å². The van der Waals surface area contributed by atoms with Crippen LogP contribution in [0, 0.1) is 29.6 Å². The van der Waals surface area contributed by atoms with Gasteiger partial charge in [0.1, 0.15) is 0 Å². The van der Waals surface area contributed by atoms with Crippen LogP contribution in [-0.2, 0) is 0 Å². The Hall–Kier alpha value is 0.620. The predicted molar refractivity (Wildman–Crippen MR) is 76.0 cm³/mol. The highest BCUT2D eigenvalue weighted by Crippen LogP contribution is 2.72. The lowest BCUT2D eigenvalue weighted by molar-refractivity contribution is 0.130. The summed E-state index contributed by atoms with van der Waals surface area (Å²) in [4.78, 5) is 0. The van der Waals surface area contributed by atoms with Crippen LogP contribution in [0.2, 0.25) is 0 Å². The van der Waals surface area contributed by atoms with Gasteiger partial charge in [-0.25, -0.2) is 0 Å². The first kappa shape index (κ1) is 11.4. The van der Waals surface area contributed by atoms with E-state index in [0.29, 0.717) is 5.92 Å². The van der Waals surface area contributed by atoms with Crippen LogP contribution in [-0.4, -0.2) is 5.11 Å². The molecule has 5 unspecified atom stereocenters. The van der Waals surface area contributed by atoms with Gasteiger partial charge in [-0.3, -0.25) is 0 Å². The topological polar surface area (TPSA) is 20.2 Å². The maximum absolute atomic E-state index is 10.6. The van der Waals surface area contributed by atoms with Gasteiger partial charge in [0.25, 0.3) is 0 Å². The molecule has 3 aliphatic rings. The molecule has 0 radical (unpaired) electrons. The van der Waals surface area contributed by atoms with E-state index in [-0.39, 0.29) is 6.10 Å². The first-order valence-electron chi connectivity index (χ1n) is 6.29. The maximum Gasteiger partial charge on any atom is 0.0843 e. The van der Waals surface area contributed by atoms with Crippen LogP contribution in [0.1, 0.15) is 30.9 Å². The lowest BCUT2D eigenvalue weighted by Crippen LogP contribution is -2.08. The SMILES string of the molecule is OC(c1cc(Br)sc1Br)C1C2C3CCC(C3)C21. The second kappa shape index (κ2) is 3.81. The van der Waals surface area contributed by atoms with E-state index >= 15 is 0 Å². The number of aliphatic hydroxyl groups excluding tert-OH is 1. The van der Waals surface area contributed by atoms with Gasteiger partial charge in [0.05, 0.1) is 13.7 Å². The summed E-state index contributed by atoms with van der Waals surface area (Å²) in [5.74, 6) is 4.11. The van der Waals surface area contributed by atoms with Gasteiger partial charge < -0.3 is 5.11 Å². The van der Waals surface area contributed by atoms with Crippen molar-refractivity contribution in [3.8, 4) is 0 Å². The molecule has 92 valence electrons. The van der Waals surface area contributed by atoms with E-state index in [2.05, 4.69) is 37.9 Å². The summed E-state index contributed by atoms with van der Waals surface area (Å²) in [6.45, 7) is 0. The van der Waals surface area contributed by atoms with E-state index in [1.807, 2.05) is 0 Å². The molecular formula is C13H14Br2OS. The van der Waals surface area contributed by atoms with Gasteiger partial charge in [0, 0.05) is 5.56 Å². The summed E-state index contributed by atoms with van der Waals surface area (Å²) in [5.41, 5.74) is 1.10. The van der Waals surface area contributed by atoms with Crippen molar-refractivity contribution in [2.75, 3.05) is 0 Å². The van der Waals surface area contributed by atoms with Crippen molar-refractivity contribution >= 4 is 43.2 Å². The van der Waals surface area contributed by atoms with Crippen molar-refractivity contribution < 1.29 is 5.11 Å².